The number of aliphatic hydroxyl groups excluding tert-OH is 1. The van der Waals surface area contributed by atoms with Crippen molar-refractivity contribution >= 4 is 5.91 Å². The van der Waals surface area contributed by atoms with E-state index in [2.05, 4.69) is 0 Å². The Bertz CT molecular complexity index is 218. The van der Waals surface area contributed by atoms with Crippen LogP contribution in [0.5, 0.6) is 0 Å². The summed E-state index contributed by atoms with van der Waals surface area (Å²) >= 11 is 0. The molecule has 1 fully saturated rings. The quantitative estimate of drug-likeness (QED) is 0.681. The number of piperidine rings is 1. The maximum Gasteiger partial charge on any atom is 0.236 e. The van der Waals surface area contributed by atoms with E-state index < -0.39 is 0 Å². The Morgan fingerprint density at radius 3 is 2.59 bits per heavy atom. The summed E-state index contributed by atoms with van der Waals surface area (Å²) in [6.45, 7) is 4.06. The molecule has 5 heteroatoms. The van der Waals surface area contributed by atoms with Gasteiger partial charge in [-0.05, 0) is 19.3 Å². The van der Waals surface area contributed by atoms with Crippen LogP contribution >= 0.6 is 0 Å². The van der Waals surface area contributed by atoms with Gasteiger partial charge in [0.05, 0.1) is 19.8 Å². The van der Waals surface area contributed by atoms with Gasteiger partial charge in [0, 0.05) is 33.3 Å². The largest absolute Gasteiger partial charge is 0.395 e. The number of rotatable bonds is 7. The topological polar surface area (TPSA) is 53.0 Å². The lowest BCUT2D eigenvalue weighted by atomic mass is 10.1. The number of aliphatic hydroxyl groups is 1. The van der Waals surface area contributed by atoms with Gasteiger partial charge in [0.1, 0.15) is 0 Å². The van der Waals surface area contributed by atoms with Gasteiger partial charge in [0.2, 0.25) is 5.91 Å². The predicted molar refractivity (Wildman–Crippen MR) is 65.8 cm³/mol. The van der Waals surface area contributed by atoms with Crippen LogP contribution in [0.15, 0.2) is 0 Å². The van der Waals surface area contributed by atoms with Crippen molar-refractivity contribution in [3.05, 3.63) is 0 Å². The van der Waals surface area contributed by atoms with E-state index in [-0.39, 0.29) is 12.5 Å². The van der Waals surface area contributed by atoms with Crippen molar-refractivity contribution in [2.75, 3.05) is 53.0 Å². The number of amides is 1. The molecule has 0 aromatic heterocycles. The monoisotopic (exact) mass is 244 g/mol. The Morgan fingerprint density at radius 1 is 1.29 bits per heavy atom. The molecule has 0 saturated carbocycles. The summed E-state index contributed by atoms with van der Waals surface area (Å²) < 4.78 is 5.00. The van der Waals surface area contributed by atoms with Crippen LogP contribution in [0.1, 0.15) is 19.3 Å². The molecular weight excluding hydrogens is 220 g/mol. The van der Waals surface area contributed by atoms with Gasteiger partial charge >= 0.3 is 0 Å². The Hall–Kier alpha value is -0.650. The van der Waals surface area contributed by atoms with Crippen LogP contribution < -0.4 is 0 Å². The molecule has 5 nitrogen and oxygen atoms in total. The zero-order valence-corrected chi connectivity index (χ0v) is 10.7. The zero-order valence-electron chi connectivity index (χ0n) is 10.7. The molecule has 0 aliphatic carbocycles. The fourth-order valence-corrected chi connectivity index (χ4v) is 2.07. The average molecular weight is 244 g/mol. The Balaban J connectivity index is 2.33. The lowest BCUT2D eigenvalue weighted by Gasteiger charge is -2.29. The number of hydrogen-bond donors (Lipinski definition) is 1. The summed E-state index contributed by atoms with van der Waals surface area (Å²) in [5, 5.41) is 8.95. The van der Waals surface area contributed by atoms with Crippen LogP contribution in [0.2, 0.25) is 0 Å². The minimum Gasteiger partial charge on any atom is -0.395 e. The minimum absolute atomic E-state index is 0.0804. The molecule has 100 valence electrons. The van der Waals surface area contributed by atoms with Gasteiger partial charge in [-0.25, -0.2) is 0 Å². The predicted octanol–water partition coefficient (Wildman–Crippen LogP) is -0.0604. The second kappa shape index (κ2) is 8.44. The van der Waals surface area contributed by atoms with E-state index >= 15 is 0 Å². The molecule has 1 heterocycles. The van der Waals surface area contributed by atoms with Crippen LogP contribution in [0.3, 0.4) is 0 Å². The number of hydrogen-bond acceptors (Lipinski definition) is 4. The standard InChI is InChI=1S/C12H24N2O3/c1-17-10-8-13(7-9-15)11-12(16)14-5-3-2-4-6-14/h15H,2-11H2,1H3. The fourth-order valence-electron chi connectivity index (χ4n) is 2.07. The van der Waals surface area contributed by atoms with Gasteiger partial charge in [-0.2, -0.15) is 0 Å². The second-order valence-electron chi connectivity index (χ2n) is 4.43. The van der Waals surface area contributed by atoms with Crippen LogP contribution in [0.4, 0.5) is 0 Å². The van der Waals surface area contributed by atoms with Crippen molar-refractivity contribution in [1.29, 1.82) is 0 Å². The third-order valence-corrected chi connectivity index (χ3v) is 3.10. The fraction of sp³-hybridized carbons (Fsp3) is 0.917. The minimum atomic E-state index is 0.0804. The van der Waals surface area contributed by atoms with Crippen molar-refractivity contribution in [2.24, 2.45) is 0 Å². The van der Waals surface area contributed by atoms with Crippen LogP contribution in [-0.2, 0) is 9.53 Å². The Labute approximate surface area is 103 Å². The number of nitrogens with zero attached hydrogens (tertiary/aromatic N) is 2. The van der Waals surface area contributed by atoms with E-state index in [0.717, 1.165) is 25.9 Å². The van der Waals surface area contributed by atoms with Gasteiger partial charge in [-0.1, -0.05) is 0 Å². The molecule has 17 heavy (non-hydrogen) atoms. The molecule has 0 aromatic rings. The maximum atomic E-state index is 12.0. The first-order valence-corrected chi connectivity index (χ1v) is 6.38. The number of carbonyl (C=O) groups excluding carboxylic acids is 1. The van der Waals surface area contributed by atoms with Gasteiger partial charge in [-0.15, -0.1) is 0 Å². The highest BCUT2D eigenvalue weighted by molar-refractivity contribution is 5.78. The first kappa shape index (κ1) is 14.4. The molecule has 0 bridgehead atoms. The molecule has 0 aromatic carbocycles. The summed E-state index contributed by atoms with van der Waals surface area (Å²) in [6, 6.07) is 0. The van der Waals surface area contributed by atoms with Gasteiger partial charge in [-0.3, -0.25) is 9.69 Å². The highest BCUT2D eigenvalue weighted by Gasteiger charge is 2.18. The van der Waals surface area contributed by atoms with Crippen molar-refractivity contribution in [3.8, 4) is 0 Å². The van der Waals surface area contributed by atoms with Crippen LogP contribution in [0.25, 0.3) is 0 Å². The van der Waals surface area contributed by atoms with Crippen molar-refractivity contribution in [3.63, 3.8) is 0 Å². The highest BCUT2D eigenvalue weighted by Crippen LogP contribution is 2.09. The van der Waals surface area contributed by atoms with E-state index in [0.29, 0.717) is 26.2 Å². The summed E-state index contributed by atoms with van der Waals surface area (Å²) in [4.78, 5) is 15.9. The number of methoxy groups -OCH3 is 1. The summed E-state index contributed by atoms with van der Waals surface area (Å²) in [5.41, 5.74) is 0. The van der Waals surface area contributed by atoms with E-state index in [1.54, 1.807) is 7.11 Å². The summed E-state index contributed by atoms with van der Waals surface area (Å²) in [5.74, 6) is 0.175. The molecular formula is C12H24N2O3. The Kier molecular flexibility index (Phi) is 7.16. The molecule has 1 aliphatic rings. The SMILES string of the molecule is COCCN(CCO)CC(=O)N1CCCCC1. The van der Waals surface area contributed by atoms with E-state index in [9.17, 15) is 4.79 Å². The van der Waals surface area contributed by atoms with Crippen molar-refractivity contribution in [2.45, 2.75) is 19.3 Å². The molecule has 0 radical (unpaired) electrons. The zero-order chi connectivity index (χ0) is 12.5. The van der Waals surface area contributed by atoms with Crippen molar-refractivity contribution < 1.29 is 14.6 Å². The molecule has 1 amide bonds. The van der Waals surface area contributed by atoms with Crippen LogP contribution in [0, 0.1) is 0 Å². The van der Waals surface area contributed by atoms with Crippen LogP contribution in [-0.4, -0.2) is 73.9 Å². The van der Waals surface area contributed by atoms with Crippen molar-refractivity contribution in [1.82, 2.24) is 9.80 Å². The second-order valence-corrected chi connectivity index (χ2v) is 4.43. The highest BCUT2D eigenvalue weighted by atomic mass is 16.5. The van der Waals surface area contributed by atoms with Gasteiger partial charge < -0.3 is 14.7 Å². The molecule has 1 aliphatic heterocycles. The first-order valence-electron chi connectivity index (χ1n) is 6.38. The number of ether oxygens (including phenoxy) is 1. The molecule has 1 rings (SSSR count). The molecule has 0 spiro atoms. The number of carbonyl (C=O) groups is 1. The lowest BCUT2D eigenvalue weighted by Crippen LogP contribution is -2.44. The van der Waals surface area contributed by atoms with E-state index in [4.69, 9.17) is 9.84 Å². The number of likely N-dealkylation sites (tertiary alicyclic amines) is 1. The molecule has 0 atom stereocenters. The Morgan fingerprint density at radius 2 is 2.00 bits per heavy atom. The average Bonchev–Trinajstić information content (AvgIpc) is 2.37. The van der Waals surface area contributed by atoms with E-state index in [1.807, 2.05) is 9.80 Å². The molecule has 0 unspecified atom stereocenters. The third kappa shape index (κ3) is 5.48. The normalized spacial score (nSPS) is 16.5. The van der Waals surface area contributed by atoms with Gasteiger partial charge in [0.15, 0.2) is 0 Å². The third-order valence-electron chi connectivity index (χ3n) is 3.10. The van der Waals surface area contributed by atoms with Gasteiger partial charge in [0.25, 0.3) is 0 Å². The first-order chi connectivity index (χ1) is 8.27. The lowest BCUT2D eigenvalue weighted by molar-refractivity contribution is -0.133. The summed E-state index contributed by atoms with van der Waals surface area (Å²) in [7, 11) is 1.64. The smallest absolute Gasteiger partial charge is 0.236 e. The summed E-state index contributed by atoms with van der Waals surface area (Å²) in [6.07, 6.45) is 3.46. The van der Waals surface area contributed by atoms with E-state index in [1.165, 1.54) is 6.42 Å². The molecule has 1 N–H and O–H groups in total. The molecule has 1 saturated heterocycles. The maximum absolute atomic E-state index is 12.0.